The topological polar surface area (TPSA) is 68.0 Å². The van der Waals surface area contributed by atoms with Gasteiger partial charge in [-0.25, -0.2) is 9.97 Å². The first kappa shape index (κ1) is 13.3. The molecule has 20 heavy (non-hydrogen) atoms. The number of furan rings is 1. The average molecular weight is 336 g/mol. The molecular weight excluding hydrogens is 322 g/mol. The van der Waals surface area contributed by atoms with Gasteiger partial charge in [-0.15, -0.1) is 0 Å². The molecule has 1 aliphatic rings. The molecule has 0 saturated heterocycles. The van der Waals surface area contributed by atoms with Crippen molar-refractivity contribution in [1.29, 1.82) is 0 Å². The van der Waals surface area contributed by atoms with E-state index in [-0.39, 0.29) is 11.7 Å². The van der Waals surface area contributed by atoms with Crippen molar-refractivity contribution in [2.45, 2.75) is 32.6 Å². The Labute approximate surface area is 124 Å². The third-order valence-corrected chi connectivity index (χ3v) is 3.96. The summed E-state index contributed by atoms with van der Waals surface area (Å²) in [4.78, 5) is 20.7. The fourth-order valence-corrected chi connectivity index (χ4v) is 2.28. The summed E-state index contributed by atoms with van der Waals surface area (Å²) in [6, 6.07) is 3.53. The molecule has 3 rings (SSSR count). The van der Waals surface area contributed by atoms with Crippen LogP contribution >= 0.6 is 15.9 Å². The van der Waals surface area contributed by atoms with Crippen LogP contribution in [0.15, 0.2) is 21.2 Å². The van der Waals surface area contributed by atoms with Gasteiger partial charge in [0.05, 0.1) is 0 Å². The number of halogens is 1. The molecule has 0 bridgehead atoms. The summed E-state index contributed by atoms with van der Waals surface area (Å²) in [6.07, 6.45) is 2.32. The van der Waals surface area contributed by atoms with Crippen LogP contribution in [-0.4, -0.2) is 15.9 Å². The third-order valence-electron chi connectivity index (χ3n) is 3.18. The summed E-state index contributed by atoms with van der Waals surface area (Å²) >= 11 is 3.25. The second-order valence-corrected chi connectivity index (χ2v) is 5.74. The number of carbonyl (C=O) groups excluding carboxylic acids is 1. The Kier molecular flexibility index (Phi) is 3.33. The van der Waals surface area contributed by atoms with Gasteiger partial charge in [-0.05, 0) is 48.7 Å². The Bertz CT molecular complexity index is 658. The van der Waals surface area contributed by atoms with Crippen LogP contribution in [0.5, 0.6) is 0 Å². The van der Waals surface area contributed by atoms with E-state index in [1.54, 1.807) is 6.07 Å². The SMILES string of the molecule is Cc1nc(NC(=O)c2cc(C)c(Br)o2)cc(C2CC2)n1. The second-order valence-electron chi connectivity index (χ2n) is 5.02. The van der Waals surface area contributed by atoms with Crippen LogP contribution in [0.3, 0.4) is 0 Å². The van der Waals surface area contributed by atoms with Crippen LogP contribution < -0.4 is 5.32 Å². The normalized spacial score (nSPS) is 14.3. The number of nitrogens with zero attached hydrogens (tertiary/aromatic N) is 2. The molecule has 0 aromatic carbocycles. The van der Waals surface area contributed by atoms with Gasteiger partial charge in [0.1, 0.15) is 11.6 Å². The Hall–Kier alpha value is -1.69. The van der Waals surface area contributed by atoms with Crippen molar-refractivity contribution < 1.29 is 9.21 Å². The van der Waals surface area contributed by atoms with E-state index < -0.39 is 0 Å². The Morgan fingerprint density at radius 3 is 2.70 bits per heavy atom. The lowest BCUT2D eigenvalue weighted by molar-refractivity contribution is 0.0995. The number of anilines is 1. The lowest BCUT2D eigenvalue weighted by atomic mass is 10.2. The minimum Gasteiger partial charge on any atom is -0.444 e. The summed E-state index contributed by atoms with van der Waals surface area (Å²) in [5.74, 6) is 1.67. The lowest BCUT2D eigenvalue weighted by Gasteiger charge is -2.06. The van der Waals surface area contributed by atoms with Crippen LogP contribution in [0.4, 0.5) is 5.82 Å². The maximum absolute atomic E-state index is 12.1. The Balaban J connectivity index is 1.81. The predicted octanol–water partition coefficient (Wildman–Crippen LogP) is 3.58. The van der Waals surface area contributed by atoms with Crippen LogP contribution in [0.1, 0.15) is 46.4 Å². The number of carbonyl (C=O) groups is 1. The first-order chi connectivity index (χ1) is 9.52. The highest BCUT2D eigenvalue weighted by Crippen LogP contribution is 2.39. The largest absolute Gasteiger partial charge is 0.444 e. The molecule has 2 aromatic heterocycles. The summed E-state index contributed by atoms with van der Waals surface area (Å²) in [5, 5.41) is 2.76. The molecule has 6 heteroatoms. The van der Waals surface area contributed by atoms with Crippen molar-refractivity contribution in [3.63, 3.8) is 0 Å². The van der Waals surface area contributed by atoms with E-state index in [2.05, 4.69) is 31.2 Å². The van der Waals surface area contributed by atoms with Gasteiger partial charge in [0.2, 0.25) is 0 Å². The van der Waals surface area contributed by atoms with Crippen molar-refractivity contribution in [1.82, 2.24) is 9.97 Å². The van der Waals surface area contributed by atoms with Gasteiger partial charge >= 0.3 is 0 Å². The number of aryl methyl sites for hydroxylation is 2. The Morgan fingerprint density at radius 1 is 1.35 bits per heavy atom. The fraction of sp³-hybridized carbons (Fsp3) is 0.357. The molecule has 2 aromatic rings. The molecule has 1 N–H and O–H groups in total. The van der Waals surface area contributed by atoms with Gasteiger partial charge in [-0.2, -0.15) is 0 Å². The quantitative estimate of drug-likeness (QED) is 0.930. The Morgan fingerprint density at radius 2 is 2.10 bits per heavy atom. The molecule has 5 nitrogen and oxygen atoms in total. The maximum Gasteiger partial charge on any atom is 0.292 e. The van der Waals surface area contributed by atoms with Gasteiger partial charge in [0, 0.05) is 23.2 Å². The zero-order valence-corrected chi connectivity index (χ0v) is 12.8. The first-order valence-electron chi connectivity index (χ1n) is 6.46. The van der Waals surface area contributed by atoms with Gasteiger partial charge < -0.3 is 9.73 Å². The zero-order valence-electron chi connectivity index (χ0n) is 11.2. The van der Waals surface area contributed by atoms with Crippen LogP contribution in [0.2, 0.25) is 0 Å². The minimum atomic E-state index is -0.307. The number of hydrogen-bond donors (Lipinski definition) is 1. The first-order valence-corrected chi connectivity index (χ1v) is 7.25. The monoisotopic (exact) mass is 335 g/mol. The van der Waals surface area contributed by atoms with Gasteiger partial charge in [0.25, 0.3) is 5.91 Å². The number of hydrogen-bond acceptors (Lipinski definition) is 4. The standard InChI is InChI=1S/C14H14BrN3O2/c1-7-5-11(20-13(7)15)14(19)18-12-6-10(9-3-4-9)16-8(2)17-12/h5-6,9H,3-4H2,1-2H3,(H,16,17,18,19). The third kappa shape index (κ3) is 2.75. The number of nitrogens with one attached hydrogen (secondary N) is 1. The maximum atomic E-state index is 12.1. The molecule has 0 radical (unpaired) electrons. The highest BCUT2D eigenvalue weighted by molar-refractivity contribution is 9.10. The van der Waals surface area contributed by atoms with Crippen molar-refractivity contribution in [2.24, 2.45) is 0 Å². The van der Waals surface area contributed by atoms with Crippen LogP contribution in [0.25, 0.3) is 0 Å². The lowest BCUT2D eigenvalue weighted by Crippen LogP contribution is -2.13. The molecule has 0 atom stereocenters. The highest BCUT2D eigenvalue weighted by Gasteiger charge is 2.26. The molecule has 1 aliphatic carbocycles. The van der Waals surface area contributed by atoms with Crippen molar-refractivity contribution >= 4 is 27.7 Å². The minimum absolute atomic E-state index is 0.263. The van der Waals surface area contributed by atoms with E-state index in [1.165, 1.54) is 0 Å². The van der Waals surface area contributed by atoms with Gasteiger partial charge in [-0.1, -0.05) is 0 Å². The zero-order chi connectivity index (χ0) is 14.3. The number of aromatic nitrogens is 2. The van der Waals surface area contributed by atoms with Gasteiger partial charge in [-0.3, -0.25) is 4.79 Å². The summed E-state index contributed by atoms with van der Waals surface area (Å²) in [6.45, 7) is 3.69. The van der Waals surface area contributed by atoms with E-state index in [0.29, 0.717) is 22.2 Å². The molecule has 0 spiro atoms. The van der Waals surface area contributed by atoms with Crippen molar-refractivity contribution in [3.8, 4) is 0 Å². The van der Waals surface area contributed by atoms with E-state index >= 15 is 0 Å². The molecule has 0 unspecified atom stereocenters. The summed E-state index contributed by atoms with van der Waals surface area (Å²) in [5.41, 5.74) is 1.89. The summed E-state index contributed by atoms with van der Waals surface area (Å²) < 4.78 is 5.90. The molecule has 0 aliphatic heterocycles. The van der Waals surface area contributed by atoms with Crippen LogP contribution in [-0.2, 0) is 0 Å². The molecule has 1 amide bonds. The van der Waals surface area contributed by atoms with Crippen molar-refractivity contribution in [3.05, 3.63) is 39.6 Å². The second kappa shape index (κ2) is 5.01. The van der Waals surface area contributed by atoms with E-state index in [9.17, 15) is 4.79 Å². The molecule has 1 fully saturated rings. The van der Waals surface area contributed by atoms with E-state index in [1.807, 2.05) is 19.9 Å². The highest BCUT2D eigenvalue weighted by atomic mass is 79.9. The number of amides is 1. The van der Waals surface area contributed by atoms with Crippen molar-refractivity contribution in [2.75, 3.05) is 5.32 Å². The predicted molar refractivity (Wildman–Crippen MR) is 77.8 cm³/mol. The fourth-order valence-electron chi connectivity index (χ4n) is 1.99. The molecule has 1 saturated carbocycles. The molecule has 104 valence electrons. The summed E-state index contributed by atoms with van der Waals surface area (Å²) in [7, 11) is 0. The van der Waals surface area contributed by atoms with E-state index in [0.717, 1.165) is 24.1 Å². The molecular formula is C14H14BrN3O2. The van der Waals surface area contributed by atoms with Crippen LogP contribution in [0, 0.1) is 13.8 Å². The average Bonchev–Trinajstić information content (AvgIpc) is 3.16. The van der Waals surface area contributed by atoms with E-state index in [4.69, 9.17) is 4.42 Å². The van der Waals surface area contributed by atoms with Gasteiger partial charge in [0.15, 0.2) is 10.4 Å². The smallest absolute Gasteiger partial charge is 0.292 e. The molecule has 2 heterocycles. The number of rotatable bonds is 3.